The van der Waals surface area contributed by atoms with E-state index in [9.17, 15) is 4.79 Å². The molecule has 2 aromatic rings. The van der Waals surface area contributed by atoms with Crippen LogP contribution in [0.2, 0.25) is 0 Å². The molecule has 138 valence electrons. The van der Waals surface area contributed by atoms with Gasteiger partial charge in [-0.1, -0.05) is 0 Å². The maximum atomic E-state index is 13.1. The van der Waals surface area contributed by atoms with Gasteiger partial charge >= 0.3 is 0 Å². The number of amides is 1. The van der Waals surface area contributed by atoms with Gasteiger partial charge in [-0.05, 0) is 36.6 Å². The summed E-state index contributed by atoms with van der Waals surface area (Å²) in [5.74, 6) is 2.33. The first-order chi connectivity index (χ1) is 12.6. The van der Waals surface area contributed by atoms with Gasteiger partial charge in [0.2, 0.25) is 0 Å². The Morgan fingerprint density at radius 3 is 2.73 bits per heavy atom. The summed E-state index contributed by atoms with van der Waals surface area (Å²) >= 11 is 0. The van der Waals surface area contributed by atoms with E-state index in [4.69, 9.17) is 9.47 Å². The molecule has 1 N–H and O–H groups in total. The number of nitrogens with one attached hydrogen (secondary N) is 1. The minimum absolute atomic E-state index is 0.0140. The van der Waals surface area contributed by atoms with Gasteiger partial charge in [0.1, 0.15) is 11.5 Å². The van der Waals surface area contributed by atoms with Crippen LogP contribution in [-0.4, -0.2) is 47.7 Å². The topological polar surface area (TPSA) is 68.6 Å². The fraction of sp³-hybridized carbons (Fsp3) is 0.474. The van der Waals surface area contributed by atoms with Crippen molar-refractivity contribution in [3.05, 3.63) is 41.0 Å². The van der Waals surface area contributed by atoms with Gasteiger partial charge in [-0.2, -0.15) is 0 Å². The summed E-state index contributed by atoms with van der Waals surface area (Å²) in [6, 6.07) is 3.97. The smallest absolute Gasteiger partial charge is 0.274 e. The van der Waals surface area contributed by atoms with Crippen LogP contribution < -0.4 is 14.8 Å². The van der Waals surface area contributed by atoms with Gasteiger partial charge in [-0.3, -0.25) is 4.79 Å². The molecule has 1 amide bonds. The molecule has 1 aromatic heterocycles. The first-order valence-corrected chi connectivity index (χ1v) is 8.95. The minimum atomic E-state index is -0.0390. The molecule has 0 fully saturated rings. The van der Waals surface area contributed by atoms with Crippen LogP contribution in [0, 0.1) is 0 Å². The second kappa shape index (κ2) is 6.64. The highest BCUT2D eigenvalue weighted by molar-refractivity contribution is 5.92. The number of hydrogen-bond donors (Lipinski definition) is 1. The molecule has 0 spiro atoms. The molecular weight excluding hydrogens is 332 g/mol. The number of fused-ring (bicyclic) bond motifs is 2. The summed E-state index contributed by atoms with van der Waals surface area (Å²) in [4.78, 5) is 19.5. The largest absolute Gasteiger partial charge is 0.493 e. The molecule has 1 atom stereocenters. The summed E-state index contributed by atoms with van der Waals surface area (Å²) in [6.45, 7) is 5.20. The van der Waals surface area contributed by atoms with Crippen LogP contribution >= 0.6 is 0 Å². The highest BCUT2D eigenvalue weighted by Crippen LogP contribution is 2.38. The Hall–Kier alpha value is -2.54. The van der Waals surface area contributed by atoms with Crippen molar-refractivity contribution in [2.75, 3.05) is 27.3 Å². The highest BCUT2D eigenvalue weighted by Gasteiger charge is 2.31. The first kappa shape index (κ1) is 16.9. The van der Waals surface area contributed by atoms with Crippen molar-refractivity contribution in [3.63, 3.8) is 0 Å². The Labute approximate surface area is 152 Å². The number of aromatic nitrogens is 2. The number of carbonyl (C=O) groups excluding carboxylic acids is 1. The van der Waals surface area contributed by atoms with Crippen LogP contribution in [0.15, 0.2) is 18.3 Å². The van der Waals surface area contributed by atoms with Gasteiger partial charge in [-0.15, -0.1) is 0 Å². The zero-order valence-corrected chi connectivity index (χ0v) is 15.4. The van der Waals surface area contributed by atoms with Crippen molar-refractivity contribution in [2.45, 2.75) is 32.5 Å². The second-order valence-corrected chi connectivity index (χ2v) is 6.74. The van der Waals surface area contributed by atoms with E-state index in [1.807, 2.05) is 23.2 Å². The Morgan fingerprint density at radius 2 is 2.00 bits per heavy atom. The molecule has 3 heterocycles. The van der Waals surface area contributed by atoms with Crippen LogP contribution in [0.25, 0.3) is 0 Å². The number of ether oxygens (including phenoxy) is 2. The van der Waals surface area contributed by atoms with E-state index in [-0.39, 0.29) is 11.9 Å². The van der Waals surface area contributed by atoms with Gasteiger partial charge in [0.05, 0.1) is 26.8 Å². The monoisotopic (exact) mass is 356 g/mol. The molecular formula is C19H24N4O3. The number of methoxy groups -OCH3 is 2. The third kappa shape index (κ3) is 2.72. The molecule has 0 saturated heterocycles. The van der Waals surface area contributed by atoms with Gasteiger partial charge in [-0.25, -0.2) is 4.98 Å². The molecule has 26 heavy (non-hydrogen) atoms. The molecule has 0 unspecified atom stereocenters. The maximum absolute atomic E-state index is 13.1. The highest BCUT2D eigenvalue weighted by atomic mass is 16.5. The predicted octanol–water partition coefficient (Wildman–Crippen LogP) is 1.76. The molecule has 7 heteroatoms. The second-order valence-electron chi connectivity index (χ2n) is 6.74. The molecule has 4 rings (SSSR count). The van der Waals surface area contributed by atoms with Gasteiger partial charge < -0.3 is 24.3 Å². The molecule has 0 saturated carbocycles. The van der Waals surface area contributed by atoms with E-state index >= 15 is 0 Å². The van der Waals surface area contributed by atoms with Crippen molar-refractivity contribution in [1.29, 1.82) is 0 Å². The molecule has 2 aliphatic rings. The lowest BCUT2D eigenvalue weighted by atomic mass is 9.92. The molecule has 7 nitrogen and oxygen atoms in total. The fourth-order valence-electron chi connectivity index (χ4n) is 3.86. The molecule has 0 aliphatic carbocycles. The number of rotatable bonds is 3. The fourth-order valence-corrected chi connectivity index (χ4v) is 3.86. The van der Waals surface area contributed by atoms with Gasteiger partial charge in [0.15, 0.2) is 11.5 Å². The summed E-state index contributed by atoms with van der Waals surface area (Å²) < 4.78 is 12.9. The normalized spacial score (nSPS) is 18.9. The molecule has 1 aromatic carbocycles. The number of imidazole rings is 1. The van der Waals surface area contributed by atoms with Crippen LogP contribution in [0.5, 0.6) is 11.5 Å². The van der Waals surface area contributed by atoms with E-state index in [0.29, 0.717) is 24.5 Å². The van der Waals surface area contributed by atoms with E-state index in [0.717, 1.165) is 36.6 Å². The third-order valence-corrected chi connectivity index (χ3v) is 5.34. The van der Waals surface area contributed by atoms with Crippen molar-refractivity contribution < 1.29 is 14.3 Å². The number of hydrogen-bond acceptors (Lipinski definition) is 5. The molecule has 0 radical (unpaired) electrons. The minimum Gasteiger partial charge on any atom is -0.493 e. The Bertz CT molecular complexity index is 822. The average Bonchev–Trinajstić information content (AvgIpc) is 3.11. The van der Waals surface area contributed by atoms with E-state index in [1.54, 1.807) is 14.2 Å². The van der Waals surface area contributed by atoms with Crippen molar-refractivity contribution in [3.8, 4) is 11.5 Å². The summed E-state index contributed by atoms with van der Waals surface area (Å²) in [7, 11) is 3.27. The quantitative estimate of drug-likeness (QED) is 0.908. The molecule has 0 bridgehead atoms. The first-order valence-electron chi connectivity index (χ1n) is 8.95. The average molecular weight is 356 g/mol. The van der Waals surface area contributed by atoms with Gasteiger partial charge in [0, 0.05) is 25.8 Å². The summed E-state index contributed by atoms with van der Waals surface area (Å²) in [6.07, 6.45) is 2.68. The van der Waals surface area contributed by atoms with E-state index in [2.05, 4.69) is 21.8 Å². The predicted molar refractivity (Wildman–Crippen MR) is 96.6 cm³/mol. The van der Waals surface area contributed by atoms with Crippen LogP contribution in [0.3, 0.4) is 0 Å². The number of benzene rings is 1. The Morgan fingerprint density at radius 1 is 1.23 bits per heavy atom. The lowest BCUT2D eigenvalue weighted by molar-refractivity contribution is 0.0671. The summed E-state index contributed by atoms with van der Waals surface area (Å²) in [5, 5.41) is 3.28. The van der Waals surface area contributed by atoms with Crippen LogP contribution in [-0.2, 0) is 19.5 Å². The number of carbonyl (C=O) groups is 1. The zero-order chi connectivity index (χ0) is 18.3. The van der Waals surface area contributed by atoms with Gasteiger partial charge in [0.25, 0.3) is 5.91 Å². The van der Waals surface area contributed by atoms with Crippen molar-refractivity contribution >= 4 is 5.91 Å². The standard InChI is InChI=1S/C19H24N4O3/c1-12-14-9-17(26-3)16(25-2)8-13(14)4-6-23(12)19(24)15-11-22-7-5-20-10-18(22)21-15/h8-9,11-12,20H,4-7,10H2,1-3H3/t12-/m0/s1. The number of nitrogens with zero attached hydrogens (tertiary/aromatic N) is 3. The zero-order valence-electron chi connectivity index (χ0n) is 15.4. The lowest BCUT2D eigenvalue weighted by Gasteiger charge is -2.35. The third-order valence-electron chi connectivity index (χ3n) is 5.34. The Kier molecular flexibility index (Phi) is 4.32. The van der Waals surface area contributed by atoms with E-state index in [1.165, 1.54) is 5.56 Å². The summed E-state index contributed by atoms with van der Waals surface area (Å²) in [5.41, 5.74) is 2.83. The van der Waals surface area contributed by atoms with Crippen molar-refractivity contribution in [2.24, 2.45) is 0 Å². The van der Waals surface area contributed by atoms with Crippen molar-refractivity contribution in [1.82, 2.24) is 19.8 Å². The van der Waals surface area contributed by atoms with Crippen LogP contribution in [0.1, 0.15) is 40.4 Å². The van der Waals surface area contributed by atoms with Crippen LogP contribution in [0.4, 0.5) is 0 Å². The maximum Gasteiger partial charge on any atom is 0.274 e. The Balaban J connectivity index is 1.63. The SMILES string of the molecule is COc1cc2c(cc1OC)[C@H](C)N(C(=O)c1cn3c(n1)CNCC3)CC2. The van der Waals surface area contributed by atoms with E-state index < -0.39 is 0 Å². The molecule has 2 aliphatic heterocycles. The lowest BCUT2D eigenvalue weighted by Crippen LogP contribution is -2.39.